The van der Waals surface area contributed by atoms with Crippen LogP contribution in [0.1, 0.15) is 6.42 Å². The van der Waals surface area contributed by atoms with Gasteiger partial charge in [0.2, 0.25) is 0 Å². The van der Waals surface area contributed by atoms with Crippen molar-refractivity contribution in [2.24, 2.45) is 0 Å². The molecule has 0 aromatic carbocycles. The minimum absolute atomic E-state index is 0.102. The molecule has 0 unspecified atom stereocenters. The Bertz CT molecular complexity index is 143. The molecule has 1 heterocycles. The third-order valence-electron chi connectivity index (χ3n) is 2.31. The average molecular weight is 191 g/mol. The first-order valence-electron chi connectivity index (χ1n) is 4.52. The molecule has 5 nitrogen and oxygen atoms in total. The van der Waals surface area contributed by atoms with Crippen LogP contribution in [0.4, 0.5) is 0 Å². The quantitative estimate of drug-likeness (QED) is 0.405. The molecule has 4 N–H and O–H groups in total. The highest BCUT2D eigenvalue weighted by Gasteiger charge is 2.32. The largest absolute Gasteiger partial charge is 0.396 e. The second-order valence-electron chi connectivity index (χ2n) is 3.46. The Morgan fingerprint density at radius 2 is 1.62 bits per heavy atom. The van der Waals surface area contributed by atoms with Crippen LogP contribution < -0.4 is 0 Å². The molecular formula is C8H17NO4. The summed E-state index contributed by atoms with van der Waals surface area (Å²) < 4.78 is 0. The van der Waals surface area contributed by atoms with Crippen molar-refractivity contribution in [1.29, 1.82) is 0 Å². The second-order valence-corrected chi connectivity index (χ2v) is 3.46. The van der Waals surface area contributed by atoms with Gasteiger partial charge in [-0.15, -0.1) is 0 Å². The predicted octanol–water partition coefficient (Wildman–Crippen LogP) is -2.23. The van der Waals surface area contributed by atoms with E-state index in [1.807, 2.05) is 4.90 Å². The lowest BCUT2D eigenvalue weighted by atomic mass is 10.0. The van der Waals surface area contributed by atoms with E-state index in [1.165, 1.54) is 0 Å². The molecule has 78 valence electrons. The van der Waals surface area contributed by atoms with Crippen LogP contribution in [0.2, 0.25) is 0 Å². The number of aliphatic hydroxyl groups is 4. The fourth-order valence-electron chi connectivity index (χ4n) is 1.55. The number of hydrogen-bond acceptors (Lipinski definition) is 5. The zero-order chi connectivity index (χ0) is 9.84. The summed E-state index contributed by atoms with van der Waals surface area (Å²) >= 11 is 0. The van der Waals surface area contributed by atoms with E-state index in [1.54, 1.807) is 0 Å². The van der Waals surface area contributed by atoms with Crippen LogP contribution in [0.5, 0.6) is 0 Å². The van der Waals surface area contributed by atoms with Gasteiger partial charge >= 0.3 is 0 Å². The molecule has 1 fully saturated rings. The van der Waals surface area contributed by atoms with Gasteiger partial charge in [0.1, 0.15) is 6.10 Å². The van der Waals surface area contributed by atoms with E-state index in [0.29, 0.717) is 26.1 Å². The molecule has 0 amide bonds. The SMILES string of the molecule is OCCCN1C[C@@H](O)C(O)[C@H](O)C1. The third kappa shape index (κ3) is 2.89. The van der Waals surface area contributed by atoms with Gasteiger partial charge in [0.25, 0.3) is 0 Å². The van der Waals surface area contributed by atoms with Gasteiger partial charge < -0.3 is 20.4 Å². The van der Waals surface area contributed by atoms with E-state index in [2.05, 4.69) is 0 Å². The summed E-state index contributed by atoms with van der Waals surface area (Å²) in [5, 5.41) is 36.4. The van der Waals surface area contributed by atoms with Gasteiger partial charge in [-0.3, -0.25) is 4.90 Å². The number of piperidine rings is 1. The maximum Gasteiger partial charge on any atom is 0.108 e. The van der Waals surface area contributed by atoms with Gasteiger partial charge in [0.15, 0.2) is 0 Å². The molecule has 1 aliphatic rings. The van der Waals surface area contributed by atoms with Crippen molar-refractivity contribution in [3.63, 3.8) is 0 Å². The lowest BCUT2D eigenvalue weighted by molar-refractivity contribution is -0.110. The van der Waals surface area contributed by atoms with E-state index in [0.717, 1.165) is 0 Å². The molecule has 0 saturated carbocycles. The standard InChI is InChI=1S/C8H17NO4/c10-3-1-2-9-4-6(11)8(13)7(12)5-9/h6-8,10-13H,1-5H2/t6-,7-/m1/s1. The monoisotopic (exact) mass is 191 g/mol. The van der Waals surface area contributed by atoms with Gasteiger partial charge in [-0.25, -0.2) is 0 Å². The highest BCUT2D eigenvalue weighted by Crippen LogP contribution is 2.11. The number of hydrogen-bond donors (Lipinski definition) is 4. The first-order valence-corrected chi connectivity index (χ1v) is 4.52. The Labute approximate surface area is 77.2 Å². The van der Waals surface area contributed by atoms with Gasteiger partial charge in [-0.1, -0.05) is 0 Å². The Morgan fingerprint density at radius 1 is 1.08 bits per heavy atom. The van der Waals surface area contributed by atoms with Gasteiger partial charge in [0, 0.05) is 26.2 Å². The summed E-state index contributed by atoms with van der Waals surface area (Å²) in [6, 6.07) is 0. The van der Waals surface area contributed by atoms with Crippen molar-refractivity contribution in [2.45, 2.75) is 24.7 Å². The van der Waals surface area contributed by atoms with Gasteiger partial charge in [-0.05, 0) is 6.42 Å². The van der Waals surface area contributed by atoms with Crippen LogP contribution in [0.3, 0.4) is 0 Å². The Balaban J connectivity index is 2.35. The van der Waals surface area contributed by atoms with Crippen LogP contribution in [0.25, 0.3) is 0 Å². The van der Waals surface area contributed by atoms with Crippen molar-refractivity contribution >= 4 is 0 Å². The van der Waals surface area contributed by atoms with Crippen LogP contribution in [-0.2, 0) is 0 Å². The smallest absolute Gasteiger partial charge is 0.108 e. The molecule has 1 aliphatic heterocycles. The normalized spacial score (nSPS) is 32.3. The van der Waals surface area contributed by atoms with Crippen molar-refractivity contribution in [2.75, 3.05) is 26.2 Å². The molecule has 0 radical (unpaired) electrons. The van der Waals surface area contributed by atoms with Crippen molar-refractivity contribution in [3.8, 4) is 0 Å². The van der Waals surface area contributed by atoms with E-state index < -0.39 is 18.3 Å². The van der Waals surface area contributed by atoms with Gasteiger partial charge in [-0.2, -0.15) is 0 Å². The van der Waals surface area contributed by atoms with Crippen molar-refractivity contribution in [1.82, 2.24) is 4.90 Å². The van der Waals surface area contributed by atoms with E-state index in [-0.39, 0.29) is 6.61 Å². The number of β-amino-alcohol motifs (C(OH)–C–C–N with tert-alkyl or cyclic N) is 2. The molecule has 13 heavy (non-hydrogen) atoms. The molecular weight excluding hydrogens is 174 g/mol. The topological polar surface area (TPSA) is 84.2 Å². The summed E-state index contributed by atoms with van der Waals surface area (Å²) in [4.78, 5) is 1.83. The van der Waals surface area contributed by atoms with Crippen LogP contribution >= 0.6 is 0 Å². The predicted molar refractivity (Wildman–Crippen MR) is 46.2 cm³/mol. The molecule has 5 heteroatoms. The third-order valence-corrected chi connectivity index (χ3v) is 2.31. The minimum atomic E-state index is -1.04. The zero-order valence-corrected chi connectivity index (χ0v) is 7.50. The summed E-state index contributed by atoms with van der Waals surface area (Å²) in [5.74, 6) is 0. The lowest BCUT2D eigenvalue weighted by Crippen LogP contribution is -2.55. The minimum Gasteiger partial charge on any atom is -0.396 e. The fraction of sp³-hybridized carbons (Fsp3) is 1.00. The highest BCUT2D eigenvalue weighted by atomic mass is 16.4. The van der Waals surface area contributed by atoms with E-state index >= 15 is 0 Å². The van der Waals surface area contributed by atoms with Crippen LogP contribution in [0.15, 0.2) is 0 Å². The molecule has 2 atom stereocenters. The van der Waals surface area contributed by atoms with Crippen molar-refractivity contribution in [3.05, 3.63) is 0 Å². The molecule has 0 spiro atoms. The molecule has 0 aromatic heterocycles. The summed E-state index contributed by atoms with van der Waals surface area (Å²) in [7, 11) is 0. The lowest BCUT2D eigenvalue weighted by Gasteiger charge is -2.36. The molecule has 1 saturated heterocycles. The first-order chi connectivity index (χ1) is 6.15. The maximum atomic E-state index is 9.30. The van der Waals surface area contributed by atoms with Crippen molar-refractivity contribution < 1.29 is 20.4 Å². The summed E-state index contributed by atoms with van der Waals surface area (Å²) in [5.41, 5.74) is 0. The maximum absolute atomic E-state index is 9.30. The van der Waals surface area contributed by atoms with E-state index in [4.69, 9.17) is 5.11 Å². The number of aliphatic hydroxyl groups excluding tert-OH is 4. The fourth-order valence-corrected chi connectivity index (χ4v) is 1.55. The second kappa shape index (κ2) is 4.88. The summed E-state index contributed by atoms with van der Waals surface area (Å²) in [6.07, 6.45) is -2.19. The molecule has 0 aromatic rings. The summed E-state index contributed by atoms with van der Waals surface area (Å²) in [6.45, 7) is 1.46. The first kappa shape index (κ1) is 10.9. The molecule has 0 bridgehead atoms. The van der Waals surface area contributed by atoms with Gasteiger partial charge in [0.05, 0.1) is 12.2 Å². The van der Waals surface area contributed by atoms with Crippen LogP contribution in [0, 0.1) is 0 Å². The number of likely N-dealkylation sites (tertiary alicyclic amines) is 1. The Morgan fingerprint density at radius 3 is 2.08 bits per heavy atom. The van der Waals surface area contributed by atoms with Crippen LogP contribution in [-0.4, -0.2) is 69.9 Å². The zero-order valence-electron chi connectivity index (χ0n) is 7.50. The number of rotatable bonds is 3. The molecule has 0 aliphatic carbocycles. The Kier molecular flexibility index (Phi) is 4.08. The average Bonchev–Trinajstić information content (AvgIpc) is 2.10. The number of nitrogens with zero attached hydrogens (tertiary/aromatic N) is 1. The Hall–Kier alpha value is -0.200. The van der Waals surface area contributed by atoms with E-state index in [9.17, 15) is 15.3 Å². The highest BCUT2D eigenvalue weighted by molar-refractivity contribution is 4.86. The molecule has 1 rings (SSSR count).